The van der Waals surface area contributed by atoms with E-state index in [0.29, 0.717) is 47.9 Å². The van der Waals surface area contributed by atoms with Crippen molar-refractivity contribution in [2.45, 2.75) is 12.8 Å². The number of fused-ring (bicyclic) bond motifs is 1. The number of nitrogens with one attached hydrogen (secondary N) is 1. The summed E-state index contributed by atoms with van der Waals surface area (Å²) in [7, 11) is 0. The van der Waals surface area contributed by atoms with Crippen molar-refractivity contribution in [1.82, 2.24) is 19.4 Å². The molecule has 0 atom stereocenters. The predicted molar refractivity (Wildman–Crippen MR) is 116 cm³/mol. The molecular formula is C20H17ClFN7O2. The molecular weight excluding hydrogens is 425 g/mol. The Balaban J connectivity index is 1.48. The van der Waals surface area contributed by atoms with E-state index in [4.69, 9.17) is 17.3 Å². The molecule has 1 aromatic carbocycles. The number of rotatable bonds is 7. The number of halogens is 2. The lowest BCUT2D eigenvalue weighted by molar-refractivity contribution is -0.384. The third-order valence-corrected chi connectivity index (χ3v) is 4.94. The SMILES string of the molecule is Nc1nc(CCCNc2nc(-c3ccc(F)c(Cl)c3)cc3nccn23)ccc1[N+](=O)[O-]. The Morgan fingerprint density at radius 3 is 2.81 bits per heavy atom. The first-order valence-corrected chi connectivity index (χ1v) is 9.73. The molecule has 158 valence electrons. The number of hydrogen-bond acceptors (Lipinski definition) is 7. The van der Waals surface area contributed by atoms with Crippen LogP contribution in [0.4, 0.5) is 21.8 Å². The second kappa shape index (κ2) is 8.52. The molecule has 0 amide bonds. The highest BCUT2D eigenvalue weighted by Gasteiger charge is 2.13. The van der Waals surface area contributed by atoms with E-state index in [2.05, 4.69) is 20.3 Å². The molecule has 31 heavy (non-hydrogen) atoms. The lowest BCUT2D eigenvalue weighted by Gasteiger charge is -2.11. The van der Waals surface area contributed by atoms with Crippen molar-refractivity contribution in [3.8, 4) is 11.3 Å². The number of nitrogens with zero attached hydrogens (tertiary/aromatic N) is 5. The van der Waals surface area contributed by atoms with Crippen molar-refractivity contribution in [3.05, 3.63) is 75.4 Å². The van der Waals surface area contributed by atoms with E-state index in [9.17, 15) is 14.5 Å². The molecule has 4 rings (SSSR count). The first kappa shape index (κ1) is 20.5. The number of nitrogen functional groups attached to an aromatic ring is 1. The molecule has 3 aromatic heterocycles. The molecule has 0 fully saturated rings. The maximum Gasteiger partial charge on any atom is 0.311 e. The van der Waals surface area contributed by atoms with Crippen LogP contribution in [-0.4, -0.2) is 30.8 Å². The van der Waals surface area contributed by atoms with Gasteiger partial charge in [-0.2, -0.15) is 0 Å². The van der Waals surface area contributed by atoms with Crippen molar-refractivity contribution in [3.63, 3.8) is 0 Å². The molecule has 9 nitrogen and oxygen atoms in total. The van der Waals surface area contributed by atoms with Gasteiger partial charge in [-0.15, -0.1) is 0 Å². The van der Waals surface area contributed by atoms with Gasteiger partial charge in [0.2, 0.25) is 11.8 Å². The monoisotopic (exact) mass is 441 g/mol. The maximum atomic E-state index is 13.5. The van der Waals surface area contributed by atoms with E-state index >= 15 is 0 Å². The third kappa shape index (κ3) is 4.38. The molecule has 0 aliphatic carbocycles. The standard InChI is InChI=1S/C20H17ClFN7O2/c21-14-10-12(3-5-15(14)22)16-11-18-24-8-9-28(18)20(27-16)25-7-1-2-13-4-6-17(29(30)31)19(23)26-13/h3-6,8-11H,1-2,7H2,(H2,23,26)(H,25,27). The van der Waals surface area contributed by atoms with Crippen molar-refractivity contribution in [1.29, 1.82) is 0 Å². The Morgan fingerprint density at radius 1 is 1.23 bits per heavy atom. The average Bonchev–Trinajstić information content (AvgIpc) is 3.21. The summed E-state index contributed by atoms with van der Waals surface area (Å²) in [6.07, 6.45) is 4.71. The summed E-state index contributed by atoms with van der Waals surface area (Å²) < 4.78 is 15.3. The Morgan fingerprint density at radius 2 is 2.06 bits per heavy atom. The van der Waals surface area contributed by atoms with Gasteiger partial charge in [0.1, 0.15) is 11.5 Å². The summed E-state index contributed by atoms with van der Waals surface area (Å²) in [5, 5.41) is 14.1. The quantitative estimate of drug-likeness (QED) is 0.251. The summed E-state index contributed by atoms with van der Waals surface area (Å²) in [5.74, 6) is -0.0179. The van der Waals surface area contributed by atoms with Crippen molar-refractivity contribution in [2.75, 3.05) is 17.6 Å². The molecule has 3 heterocycles. The van der Waals surface area contributed by atoms with Crippen LogP contribution in [0.25, 0.3) is 16.9 Å². The summed E-state index contributed by atoms with van der Waals surface area (Å²) in [6, 6.07) is 9.17. The Bertz CT molecular complexity index is 1280. The molecule has 11 heteroatoms. The van der Waals surface area contributed by atoms with Crippen LogP contribution in [0.2, 0.25) is 5.02 Å². The Hall–Kier alpha value is -3.79. The van der Waals surface area contributed by atoms with Crippen LogP contribution in [0.15, 0.2) is 48.8 Å². The third-order valence-electron chi connectivity index (χ3n) is 4.65. The summed E-state index contributed by atoms with van der Waals surface area (Å²) in [4.78, 5) is 23.3. The van der Waals surface area contributed by atoms with E-state index in [-0.39, 0.29) is 16.5 Å². The Kier molecular flexibility index (Phi) is 5.63. The van der Waals surface area contributed by atoms with Crippen molar-refractivity contribution < 1.29 is 9.31 Å². The zero-order valence-corrected chi connectivity index (χ0v) is 16.9. The van der Waals surface area contributed by atoms with Gasteiger partial charge in [-0.3, -0.25) is 14.5 Å². The number of benzene rings is 1. The molecule has 4 aromatic rings. The predicted octanol–water partition coefficient (Wildman–Crippen LogP) is 4.12. The number of hydrogen-bond donors (Lipinski definition) is 2. The zero-order valence-electron chi connectivity index (χ0n) is 16.1. The summed E-state index contributed by atoms with van der Waals surface area (Å²) in [5.41, 5.74) is 8.06. The van der Waals surface area contributed by atoms with Gasteiger partial charge in [-0.05, 0) is 37.1 Å². The van der Waals surface area contributed by atoms with Crippen LogP contribution in [-0.2, 0) is 6.42 Å². The van der Waals surface area contributed by atoms with Gasteiger partial charge in [0.15, 0.2) is 0 Å². The molecule has 0 aliphatic heterocycles. The number of anilines is 2. The van der Waals surface area contributed by atoms with E-state index in [1.165, 1.54) is 18.2 Å². The number of aromatic nitrogens is 4. The van der Waals surface area contributed by atoms with Gasteiger partial charge in [0, 0.05) is 42.3 Å². The number of pyridine rings is 1. The lowest BCUT2D eigenvalue weighted by atomic mass is 10.1. The topological polar surface area (TPSA) is 124 Å². The zero-order chi connectivity index (χ0) is 22.0. The highest BCUT2D eigenvalue weighted by molar-refractivity contribution is 6.31. The number of nitrogens with two attached hydrogens (primary N) is 1. The highest BCUT2D eigenvalue weighted by Crippen LogP contribution is 2.26. The van der Waals surface area contributed by atoms with Crippen molar-refractivity contribution in [2.24, 2.45) is 0 Å². The molecule has 0 saturated heterocycles. The van der Waals surface area contributed by atoms with E-state index in [1.54, 1.807) is 35.0 Å². The minimum Gasteiger partial charge on any atom is -0.378 e. The van der Waals surface area contributed by atoms with Crippen LogP contribution >= 0.6 is 11.6 Å². The smallest absolute Gasteiger partial charge is 0.311 e. The molecule has 0 saturated carbocycles. The number of aryl methyl sites for hydroxylation is 1. The fraction of sp³-hybridized carbons (Fsp3) is 0.150. The first-order valence-electron chi connectivity index (χ1n) is 9.35. The first-order chi connectivity index (χ1) is 14.9. The van der Waals surface area contributed by atoms with Gasteiger partial charge < -0.3 is 11.1 Å². The molecule has 3 N–H and O–H groups in total. The second-order valence-electron chi connectivity index (χ2n) is 6.74. The van der Waals surface area contributed by atoms with Crippen LogP contribution in [0.3, 0.4) is 0 Å². The molecule has 0 bridgehead atoms. The second-order valence-corrected chi connectivity index (χ2v) is 7.15. The fourth-order valence-corrected chi connectivity index (χ4v) is 3.31. The summed E-state index contributed by atoms with van der Waals surface area (Å²) >= 11 is 5.91. The van der Waals surface area contributed by atoms with Gasteiger partial charge in [0.05, 0.1) is 15.6 Å². The average molecular weight is 442 g/mol. The molecule has 0 unspecified atom stereocenters. The largest absolute Gasteiger partial charge is 0.378 e. The van der Waals surface area contributed by atoms with E-state index < -0.39 is 10.7 Å². The van der Waals surface area contributed by atoms with Gasteiger partial charge >= 0.3 is 5.69 Å². The highest BCUT2D eigenvalue weighted by atomic mass is 35.5. The summed E-state index contributed by atoms with van der Waals surface area (Å²) in [6.45, 7) is 0.562. The molecule has 0 aliphatic rings. The van der Waals surface area contributed by atoms with Crippen LogP contribution in [0.5, 0.6) is 0 Å². The Labute approximate surface area is 180 Å². The van der Waals surface area contributed by atoms with E-state index in [0.717, 1.165) is 0 Å². The van der Waals surface area contributed by atoms with Gasteiger partial charge in [0.25, 0.3) is 0 Å². The molecule has 0 spiro atoms. The number of imidazole rings is 1. The van der Waals surface area contributed by atoms with Crippen LogP contribution in [0, 0.1) is 15.9 Å². The minimum absolute atomic E-state index is 0.0203. The van der Waals surface area contributed by atoms with Gasteiger partial charge in [-0.25, -0.2) is 19.3 Å². The normalized spacial score (nSPS) is 11.0. The maximum absolute atomic E-state index is 13.5. The van der Waals surface area contributed by atoms with Crippen molar-refractivity contribution >= 4 is 34.7 Å². The minimum atomic E-state index is -0.559. The fourth-order valence-electron chi connectivity index (χ4n) is 3.12. The van der Waals surface area contributed by atoms with Crippen LogP contribution < -0.4 is 11.1 Å². The van der Waals surface area contributed by atoms with Gasteiger partial charge in [-0.1, -0.05) is 11.6 Å². The lowest BCUT2D eigenvalue weighted by Crippen LogP contribution is -2.10. The van der Waals surface area contributed by atoms with Crippen LogP contribution in [0.1, 0.15) is 12.1 Å². The van der Waals surface area contributed by atoms with E-state index in [1.807, 2.05) is 0 Å². The number of nitro groups is 1. The molecule has 0 radical (unpaired) electrons.